The highest BCUT2D eigenvalue weighted by atomic mass is 35.5. The number of hydrogen-bond donors (Lipinski definition) is 3. The molecule has 3 N–H and O–H groups in total. The average Bonchev–Trinajstić information content (AvgIpc) is 2.17. The Bertz CT molecular complexity index is 267. The summed E-state index contributed by atoms with van der Waals surface area (Å²) in [6, 6.07) is 0. The van der Waals surface area contributed by atoms with Gasteiger partial charge in [-0.05, 0) is 0 Å². The molecule has 0 aliphatic carbocycles. The van der Waals surface area contributed by atoms with Gasteiger partial charge in [0, 0.05) is 12.4 Å². The molecule has 6 heteroatoms. The lowest BCUT2D eigenvalue weighted by atomic mass is 10.2. The van der Waals surface area contributed by atoms with Gasteiger partial charge < -0.3 is 15.3 Å². The zero-order valence-electron chi connectivity index (χ0n) is 6.63. The second-order valence-corrected chi connectivity index (χ2v) is 2.89. The molecule has 0 spiro atoms. The number of nitrogens with zero attached hydrogens (tertiary/aromatic N) is 2. The summed E-state index contributed by atoms with van der Waals surface area (Å²) in [6.07, 6.45) is 0.0393. The molecule has 1 heterocycles. The lowest BCUT2D eigenvalue weighted by Gasteiger charge is -2.13. The van der Waals surface area contributed by atoms with E-state index in [1.54, 1.807) is 0 Å². The fourth-order valence-electron chi connectivity index (χ4n) is 0.747. The first-order valence-electron chi connectivity index (χ1n) is 3.59. The Morgan fingerprint density at radius 3 is 2.31 bits per heavy atom. The fourth-order valence-corrected chi connectivity index (χ4v) is 0.845. The Kier molecular flexibility index (Phi) is 3.56. The van der Waals surface area contributed by atoms with E-state index in [2.05, 4.69) is 9.97 Å². The minimum atomic E-state index is -1.29. The van der Waals surface area contributed by atoms with E-state index in [9.17, 15) is 5.11 Å². The number of aliphatic hydroxyl groups excluding tert-OH is 3. The van der Waals surface area contributed by atoms with Gasteiger partial charge in [-0.3, -0.25) is 0 Å². The van der Waals surface area contributed by atoms with Crippen LogP contribution in [0, 0.1) is 0 Å². The minimum Gasteiger partial charge on any atom is -0.394 e. The molecule has 0 saturated carbocycles. The molecule has 13 heavy (non-hydrogen) atoms. The molecule has 0 aliphatic rings. The lowest BCUT2D eigenvalue weighted by molar-refractivity contribution is -0.0195. The van der Waals surface area contributed by atoms with Gasteiger partial charge in [0.1, 0.15) is 12.2 Å². The fraction of sp³-hybridized carbons (Fsp3) is 0.429. The van der Waals surface area contributed by atoms with Crippen molar-refractivity contribution in [2.45, 2.75) is 12.2 Å². The van der Waals surface area contributed by atoms with Crippen molar-refractivity contribution in [3.8, 4) is 0 Å². The Balaban J connectivity index is 2.77. The van der Waals surface area contributed by atoms with Crippen LogP contribution in [-0.4, -0.2) is 38.0 Å². The number of hydrogen-bond acceptors (Lipinski definition) is 5. The first-order chi connectivity index (χ1) is 6.15. The summed E-state index contributed by atoms with van der Waals surface area (Å²) in [7, 11) is 0. The van der Waals surface area contributed by atoms with Gasteiger partial charge in [0.2, 0.25) is 0 Å². The van der Waals surface area contributed by atoms with Crippen LogP contribution in [0.25, 0.3) is 0 Å². The topological polar surface area (TPSA) is 86.5 Å². The van der Waals surface area contributed by atoms with Crippen molar-refractivity contribution in [3.63, 3.8) is 0 Å². The number of aliphatic hydroxyl groups is 3. The van der Waals surface area contributed by atoms with Crippen LogP contribution >= 0.6 is 11.6 Å². The highest BCUT2D eigenvalue weighted by Gasteiger charge is 2.19. The van der Waals surface area contributed by atoms with Gasteiger partial charge in [-0.2, -0.15) is 0 Å². The molecule has 1 rings (SSSR count). The standard InChI is InChI=1S/C7H9ClN2O3/c8-4-1-9-7(10-2-4)6(13)5(12)3-11/h1-2,5-6,11-13H,3H2. The summed E-state index contributed by atoms with van der Waals surface area (Å²) >= 11 is 5.51. The zero-order valence-corrected chi connectivity index (χ0v) is 7.39. The molecule has 1 aromatic heterocycles. The van der Waals surface area contributed by atoms with E-state index in [1.165, 1.54) is 12.4 Å². The van der Waals surface area contributed by atoms with Crippen molar-refractivity contribution < 1.29 is 15.3 Å². The van der Waals surface area contributed by atoms with Gasteiger partial charge in [0.05, 0.1) is 11.6 Å². The van der Waals surface area contributed by atoms with Crippen LogP contribution in [0.5, 0.6) is 0 Å². The molecule has 5 nitrogen and oxygen atoms in total. The molecule has 0 radical (unpaired) electrons. The summed E-state index contributed by atoms with van der Waals surface area (Å²) in [5, 5.41) is 27.2. The third-order valence-corrected chi connectivity index (χ3v) is 1.65. The summed E-state index contributed by atoms with van der Waals surface area (Å²) in [4.78, 5) is 7.37. The molecular formula is C7H9ClN2O3. The molecule has 2 atom stereocenters. The van der Waals surface area contributed by atoms with Gasteiger partial charge >= 0.3 is 0 Å². The Labute approximate surface area is 79.7 Å². The van der Waals surface area contributed by atoms with E-state index >= 15 is 0 Å². The zero-order chi connectivity index (χ0) is 9.84. The van der Waals surface area contributed by atoms with Gasteiger partial charge in [0.15, 0.2) is 5.82 Å². The first kappa shape index (κ1) is 10.3. The second kappa shape index (κ2) is 4.48. The number of aromatic nitrogens is 2. The second-order valence-electron chi connectivity index (χ2n) is 2.45. The van der Waals surface area contributed by atoms with Crippen LogP contribution in [0.1, 0.15) is 11.9 Å². The maximum absolute atomic E-state index is 9.30. The molecule has 0 bridgehead atoms. The third kappa shape index (κ3) is 2.60. The predicted molar refractivity (Wildman–Crippen MR) is 45.1 cm³/mol. The quantitative estimate of drug-likeness (QED) is 0.619. The van der Waals surface area contributed by atoms with E-state index in [0.717, 1.165) is 0 Å². The molecule has 0 aromatic carbocycles. The van der Waals surface area contributed by atoms with Crippen LogP contribution in [0.3, 0.4) is 0 Å². The predicted octanol–water partition coefficient (Wildman–Crippen LogP) is -0.483. The molecule has 0 amide bonds. The van der Waals surface area contributed by atoms with Crippen molar-refractivity contribution >= 4 is 11.6 Å². The van der Waals surface area contributed by atoms with Gasteiger partial charge in [-0.15, -0.1) is 0 Å². The van der Waals surface area contributed by atoms with Gasteiger partial charge in [-0.1, -0.05) is 11.6 Å². The monoisotopic (exact) mass is 204 g/mol. The largest absolute Gasteiger partial charge is 0.394 e. The van der Waals surface area contributed by atoms with Gasteiger partial charge in [-0.25, -0.2) is 9.97 Å². The number of rotatable bonds is 3. The minimum absolute atomic E-state index is 0.0333. The van der Waals surface area contributed by atoms with Crippen LogP contribution in [0.4, 0.5) is 0 Å². The third-order valence-electron chi connectivity index (χ3n) is 1.46. The highest BCUT2D eigenvalue weighted by molar-refractivity contribution is 6.30. The molecule has 0 fully saturated rings. The molecule has 0 saturated heterocycles. The summed E-state index contributed by atoms with van der Waals surface area (Å²) in [5.74, 6) is 0.0333. The Morgan fingerprint density at radius 2 is 1.85 bits per heavy atom. The average molecular weight is 205 g/mol. The Hall–Kier alpha value is -0.750. The normalized spacial score (nSPS) is 15.4. The maximum atomic E-state index is 9.30. The van der Waals surface area contributed by atoms with Crippen molar-refractivity contribution in [2.24, 2.45) is 0 Å². The van der Waals surface area contributed by atoms with Crippen molar-refractivity contribution in [1.29, 1.82) is 0 Å². The first-order valence-corrected chi connectivity index (χ1v) is 3.97. The van der Waals surface area contributed by atoms with E-state index < -0.39 is 18.8 Å². The lowest BCUT2D eigenvalue weighted by Crippen LogP contribution is -2.23. The van der Waals surface area contributed by atoms with Crippen LogP contribution < -0.4 is 0 Å². The Morgan fingerprint density at radius 1 is 1.31 bits per heavy atom. The van der Waals surface area contributed by atoms with Crippen molar-refractivity contribution in [1.82, 2.24) is 9.97 Å². The smallest absolute Gasteiger partial charge is 0.159 e. The molecular weight excluding hydrogens is 196 g/mol. The molecule has 0 aliphatic heterocycles. The summed E-state index contributed by atoms with van der Waals surface area (Å²) < 4.78 is 0. The van der Waals surface area contributed by atoms with Crippen LogP contribution in [0.2, 0.25) is 5.02 Å². The molecule has 1 aromatic rings. The summed E-state index contributed by atoms with van der Waals surface area (Å²) in [5.41, 5.74) is 0. The van der Waals surface area contributed by atoms with E-state index in [0.29, 0.717) is 5.02 Å². The van der Waals surface area contributed by atoms with Crippen molar-refractivity contribution in [3.05, 3.63) is 23.2 Å². The number of halogens is 1. The van der Waals surface area contributed by atoms with Gasteiger partial charge in [0.25, 0.3) is 0 Å². The summed E-state index contributed by atoms with van der Waals surface area (Å²) in [6.45, 7) is -0.548. The van der Waals surface area contributed by atoms with E-state index in [4.69, 9.17) is 21.8 Å². The SMILES string of the molecule is OCC(O)C(O)c1ncc(Cl)cn1. The molecule has 72 valence electrons. The van der Waals surface area contributed by atoms with Crippen LogP contribution in [-0.2, 0) is 0 Å². The van der Waals surface area contributed by atoms with Crippen LogP contribution in [0.15, 0.2) is 12.4 Å². The van der Waals surface area contributed by atoms with E-state index in [-0.39, 0.29) is 5.82 Å². The van der Waals surface area contributed by atoms with E-state index in [1.807, 2.05) is 0 Å². The van der Waals surface area contributed by atoms with Crippen molar-refractivity contribution in [2.75, 3.05) is 6.61 Å². The molecule has 2 unspecified atom stereocenters. The highest BCUT2D eigenvalue weighted by Crippen LogP contribution is 2.13. The maximum Gasteiger partial charge on any atom is 0.159 e.